The fourth-order valence-electron chi connectivity index (χ4n) is 1.40. The van der Waals surface area contributed by atoms with Gasteiger partial charge in [-0.3, -0.25) is 4.79 Å². The molecule has 1 atom stereocenters. The summed E-state index contributed by atoms with van der Waals surface area (Å²) in [6, 6.07) is 0. The number of rotatable bonds is 4. The van der Waals surface area contributed by atoms with E-state index in [9.17, 15) is 4.79 Å². The number of carbonyl (C=O) groups excluding carboxylic acids is 1. The molecule has 0 N–H and O–H groups in total. The van der Waals surface area contributed by atoms with Crippen LogP contribution in [0.15, 0.2) is 12.4 Å². The topological polar surface area (TPSA) is 32.8 Å². The summed E-state index contributed by atoms with van der Waals surface area (Å²) in [5.74, 6) is -0.279. The Balaban J connectivity index is 0.00000196. The third-order valence-electron chi connectivity index (χ3n) is 2.26. The Morgan fingerprint density at radius 2 is 2.13 bits per heavy atom. The van der Waals surface area contributed by atoms with Gasteiger partial charge in [-0.05, 0) is 13.3 Å². The fourth-order valence-corrected chi connectivity index (χ4v) is 1.40. The van der Waals surface area contributed by atoms with E-state index in [-0.39, 0.29) is 29.1 Å². The van der Waals surface area contributed by atoms with Gasteiger partial charge in [0.2, 0.25) is 0 Å². The van der Waals surface area contributed by atoms with Crippen LogP contribution >= 0.6 is 17.0 Å². The third kappa shape index (κ3) is 4.11. The maximum atomic E-state index is 10.7. The van der Waals surface area contributed by atoms with Crippen molar-refractivity contribution in [3.8, 4) is 0 Å². The summed E-state index contributed by atoms with van der Waals surface area (Å²) in [4.78, 5) is 17.9. The molecule has 0 aromatic heterocycles. The van der Waals surface area contributed by atoms with Crippen LogP contribution in [0.25, 0.3) is 0 Å². The Bertz CT molecular complexity index is 233. The van der Waals surface area contributed by atoms with Gasteiger partial charge in [-0.25, -0.2) is 0 Å². The quantitative estimate of drug-likeness (QED) is 0.790. The standard InChI is InChI=1S/C10H18N2O2.BrH/c1-4-5-6-11-7-8-12(9(11)2)14-10(3)13;/h7-9H,4-6H2,1-3H3;1H. The largest absolute Gasteiger partial charge is 0.353 e. The molecule has 0 saturated carbocycles. The van der Waals surface area contributed by atoms with Crippen molar-refractivity contribution in [2.75, 3.05) is 6.54 Å². The minimum absolute atomic E-state index is 0. The van der Waals surface area contributed by atoms with Crippen molar-refractivity contribution in [1.82, 2.24) is 9.96 Å². The lowest BCUT2D eigenvalue weighted by Crippen LogP contribution is -2.37. The van der Waals surface area contributed by atoms with Crippen molar-refractivity contribution in [3.63, 3.8) is 0 Å². The highest BCUT2D eigenvalue weighted by atomic mass is 79.9. The van der Waals surface area contributed by atoms with Crippen LogP contribution in [0.4, 0.5) is 0 Å². The number of hydroxylamine groups is 2. The van der Waals surface area contributed by atoms with Crippen LogP contribution in [0.1, 0.15) is 33.6 Å². The zero-order chi connectivity index (χ0) is 10.6. The van der Waals surface area contributed by atoms with Gasteiger partial charge in [-0.1, -0.05) is 13.3 Å². The van der Waals surface area contributed by atoms with Crippen molar-refractivity contribution in [1.29, 1.82) is 0 Å². The lowest BCUT2D eigenvalue weighted by atomic mass is 10.3. The van der Waals surface area contributed by atoms with Crippen molar-refractivity contribution < 1.29 is 9.63 Å². The Morgan fingerprint density at radius 1 is 1.47 bits per heavy atom. The zero-order valence-electron chi connectivity index (χ0n) is 9.47. The van der Waals surface area contributed by atoms with Crippen LogP contribution < -0.4 is 0 Å². The van der Waals surface area contributed by atoms with Gasteiger partial charge in [0.15, 0.2) is 0 Å². The van der Waals surface area contributed by atoms with Gasteiger partial charge in [0.1, 0.15) is 6.17 Å². The molecule has 1 unspecified atom stereocenters. The van der Waals surface area contributed by atoms with Gasteiger partial charge in [-0.15, -0.1) is 17.0 Å². The van der Waals surface area contributed by atoms with Crippen LogP contribution in [0.5, 0.6) is 0 Å². The van der Waals surface area contributed by atoms with Crippen molar-refractivity contribution >= 4 is 23.0 Å². The van der Waals surface area contributed by atoms with Crippen LogP contribution in [0.2, 0.25) is 0 Å². The Hall–Kier alpha value is -0.710. The summed E-state index contributed by atoms with van der Waals surface area (Å²) in [6.07, 6.45) is 6.20. The van der Waals surface area contributed by atoms with E-state index in [1.54, 1.807) is 11.3 Å². The third-order valence-corrected chi connectivity index (χ3v) is 2.26. The minimum Gasteiger partial charge on any atom is -0.353 e. The Morgan fingerprint density at radius 3 is 2.67 bits per heavy atom. The summed E-state index contributed by atoms with van der Waals surface area (Å²) in [5.41, 5.74) is 0. The molecule has 0 aromatic rings. The van der Waals surface area contributed by atoms with Crippen molar-refractivity contribution in [3.05, 3.63) is 12.4 Å². The highest BCUT2D eigenvalue weighted by Crippen LogP contribution is 2.16. The highest BCUT2D eigenvalue weighted by Gasteiger charge is 2.23. The molecule has 1 heterocycles. The van der Waals surface area contributed by atoms with E-state index in [1.165, 1.54) is 13.3 Å². The number of nitrogens with zero attached hydrogens (tertiary/aromatic N) is 2. The Kier molecular flexibility index (Phi) is 6.40. The molecule has 0 spiro atoms. The molecule has 0 bridgehead atoms. The number of halogens is 1. The van der Waals surface area contributed by atoms with Crippen LogP contribution in [0, 0.1) is 0 Å². The van der Waals surface area contributed by atoms with Gasteiger partial charge >= 0.3 is 5.97 Å². The van der Waals surface area contributed by atoms with Gasteiger partial charge in [-0.2, -0.15) is 5.06 Å². The molecule has 1 rings (SSSR count). The van der Waals surface area contributed by atoms with E-state index in [0.29, 0.717) is 0 Å². The predicted octanol–water partition coefficient (Wildman–Crippen LogP) is 2.28. The molecular weight excluding hydrogens is 260 g/mol. The van der Waals surface area contributed by atoms with Crippen LogP contribution in [-0.2, 0) is 9.63 Å². The smallest absolute Gasteiger partial charge is 0.329 e. The van der Waals surface area contributed by atoms with E-state index in [4.69, 9.17) is 4.84 Å². The zero-order valence-corrected chi connectivity index (χ0v) is 11.2. The summed E-state index contributed by atoms with van der Waals surface area (Å²) < 4.78 is 0. The van der Waals surface area contributed by atoms with Crippen LogP contribution in [0.3, 0.4) is 0 Å². The first-order chi connectivity index (χ1) is 6.65. The lowest BCUT2D eigenvalue weighted by Gasteiger charge is -2.27. The van der Waals surface area contributed by atoms with E-state index in [2.05, 4.69) is 11.8 Å². The van der Waals surface area contributed by atoms with Crippen molar-refractivity contribution in [2.24, 2.45) is 0 Å². The molecule has 0 aromatic carbocycles. The summed E-state index contributed by atoms with van der Waals surface area (Å²) in [6.45, 7) is 6.59. The first kappa shape index (κ1) is 14.3. The van der Waals surface area contributed by atoms with Gasteiger partial charge < -0.3 is 9.74 Å². The van der Waals surface area contributed by atoms with Gasteiger partial charge in [0, 0.05) is 19.7 Å². The fraction of sp³-hybridized carbons (Fsp3) is 0.700. The molecular formula is C10H19BrN2O2. The monoisotopic (exact) mass is 278 g/mol. The molecule has 5 heteroatoms. The molecule has 1 aliphatic rings. The average Bonchev–Trinajstić information content (AvgIpc) is 2.45. The number of carbonyl (C=O) groups is 1. The van der Waals surface area contributed by atoms with Crippen LogP contribution in [-0.4, -0.2) is 28.6 Å². The van der Waals surface area contributed by atoms with Gasteiger partial charge in [0.05, 0.1) is 6.20 Å². The Labute approximate surface area is 102 Å². The van der Waals surface area contributed by atoms with E-state index < -0.39 is 0 Å². The van der Waals surface area contributed by atoms with Gasteiger partial charge in [0.25, 0.3) is 0 Å². The lowest BCUT2D eigenvalue weighted by molar-refractivity contribution is -0.187. The summed E-state index contributed by atoms with van der Waals surface area (Å²) >= 11 is 0. The van der Waals surface area contributed by atoms with Crippen molar-refractivity contribution in [2.45, 2.75) is 39.8 Å². The summed E-state index contributed by atoms with van der Waals surface area (Å²) in [5, 5.41) is 1.58. The molecule has 4 nitrogen and oxygen atoms in total. The highest BCUT2D eigenvalue weighted by molar-refractivity contribution is 8.93. The normalized spacial score (nSPS) is 19.0. The first-order valence-corrected chi connectivity index (χ1v) is 5.06. The molecule has 0 aliphatic carbocycles. The second-order valence-electron chi connectivity index (χ2n) is 3.46. The molecule has 0 fully saturated rings. The number of hydrogen-bond acceptors (Lipinski definition) is 4. The maximum Gasteiger partial charge on any atom is 0.329 e. The summed E-state index contributed by atoms with van der Waals surface area (Å²) in [7, 11) is 0. The molecule has 0 saturated heterocycles. The molecule has 88 valence electrons. The number of unbranched alkanes of at least 4 members (excludes halogenated alkanes) is 1. The molecule has 0 amide bonds. The minimum atomic E-state index is -0.279. The van der Waals surface area contributed by atoms with E-state index >= 15 is 0 Å². The maximum absolute atomic E-state index is 10.7. The number of hydrogen-bond donors (Lipinski definition) is 0. The molecule has 15 heavy (non-hydrogen) atoms. The van der Waals surface area contributed by atoms with E-state index in [0.717, 1.165) is 13.0 Å². The predicted molar refractivity (Wildman–Crippen MR) is 64.1 cm³/mol. The average molecular weight is 279 g/mol. The molecule has 1 aliphatic heterocycles. The van der Waals surface area contributed by atoms with E-state index in [1.807, 2.05) is 13.1 Å². The molecule has 0 radical (unpaired) electrons. The first-order valence-electron chi connectivity index (χ1n) is 5.06. The second-order valence-corrected chi connectivity index (χ2v) is 3.46. The second kappa shape index (κ2) is 6.71. The SMILES string of the molecule is Br.CCCCN1C=CN(OC(C)=O)C1C.